The van der Waals surface area contributed by atoms with Gasteiger partial charge in [0, 0.05) is 52.0 Å². The summed E-state index contributed by atoms with van der Waals surface area (Å²) in [4.78, 5) is 13.5. The van der Waals surface area contributed by atoms with Gasteiger partial charge in [0.1, 0.15) is 12.1 Å². The Labute approximate surface area is 194 Å². The van der Waals surface area contributed by atoms with Crippen LogP contribution in [0.2, 0.25) is 0 Å². The number of piperazine rings is 1. The Morgan fingerprint density at radius 1 is 0.970 bits per heavy atom. The Morgan fingerprint density at radius 2 is 1.76 bits per heavy atom. The Morgan fingerprint density at radius 3 is 2.55 bits per heavy atom. The molecule has 0 bridgehead atoms. The van der Waals surface area contributed by atoms with Gasteiger partial charge >= 0.3 is 0 Å². The van der Waals surface area contributed by atoms with E-state index in [1.165, 1.54) is 12.1 Å². The van der Waals surface area contributed by atoms with Crippen LogP contribution in [0.3, 0.4) is 0 Å². The minimum absolute atomic E-state index is 0.115. The van der Waals surface area contributed by atoms with E-state index in [4.69, 9.17) is 14.2 Å². The van der Waals surface area contributed by atoms with Gasteiger partial charge in [-0.3, -0.25) is 4.90 Å². The van der Waals surface area contributed by atoms with Crippen LogP contribution in [-0.4, -0.2) is 66.9 Å². The lowest BCUT2D eigenvalue weighted by atomic mass is 9.99. The lowest BCUT2D eigenvalue weighted by Crippen LogP contribution is -2.48. The van der Waals surface area contributed by atoms with Gasteiger partial charge in [-0.2, -0.15) is 0 Å². The van der Waals surface area contributed by atoms with Gasteiger partial charge in [0.25, 0.3) is 0 Å². The summed E-state index contributed by atoms with van der Waals surface area (Å²) in [5.74, 6) is 2.68. The molecule has 3 fully saturated rings. The third-order valence-electron chi connectivity index (χ3n) is 6.91. The molecule has 0 unspecified atom stereocenters. The summed E-state index contributed by atoms with van der Waals surface area (Å²) in [7, 11) is 0. The molecule has 0 radical (unpaired) electrons. The Kier molecular flexibility index (Phi) is 7.21. The second kappa shape index (κ2) is 10.7. The molecule has 1 aliphatic carbocycles. The number of halogens is 1. The minimum Gasteiger partial charge on any atom is -0.486 e. The van der Waals surface area contributed by atoms with E-state index in [9.17, 15) is 4.39 Å². The summed E-state index contributed by atoms with van der Waals surface area (Å²) < 4.78 is 31.8. The van der Waals surface area contributed by atoms with E-state index in [1.807, 2.05) is 0 Å². The molecular formula is C25H33FN4O3. The van der Waals surface area contributed by atoms with Gasteiger partial charge in [0.15, 0.2) is 23.1 Å². The molecule has 0 atom stereocenters. The molecule has 1 aromatic heterocycles. The summed E-state index contributed by atoms with van der Waals surface area (Å²) in [6.45, 7) is 6.67. The number of nitrogens with zero attached hydrogens (tertiary/aromatic N) is 4. The SMILES string of the molecule is Fc1ccc(Oc2cncnc2N2CCN(CC3CCOCC3)CC2)c(OC2CCCC2)c1. The normalized spacial score (nSPS) is 20.8. The molecule has 8 heteroatoms. The zero-order valence-electron chi connectivity index (χ0n) is 19.1. The molecule has 3 heterocycles. The molecule has 3 aliphatic rings. The van der Waals surface area contributed by atoms with Crippen molar-refractivity contribution in [1.29, 1.82) is 0 Å². The number of anilines is 1. The first-order chi connectivity index (χ1) is 16.2. The predicted octanol–water partition coefficient (Wildman–Crippen LogP) is 4.28. The topological polar surface area (TPSA) is 60.0 Å². The Bertz CT molecular complexity index is 910. The summed E-state index contributed by atoms with van der Waals surface area (Å²) in [6, 6.07) is 4.43. The maximum atomic E-state index is 14.0. The molecule has 0 spiro atoms. The molecule has 178 valence electrons. The highest BCUT2D eigenvalue weighted by atomic mass is 19.1. The third-order valence-corrected chi connectivity index (χ3v) is 6.91. The van der Waals surface area contributed by atoms with E-state index in [1.54, 1.807) is 18.6 Å². The summed E-state index contributed by atoms with van der Waals surface area (Å²) in [5, 5.41) is 0. The van der Waals surface area contributed by atoms with Gasteiger partial charge < -0.3 is 19.1 Å². The molecule has 0 N–H and O–H groups in total. The highest BCUT2D eigenvalue weighted by molar-refractivity contribution is 5.54. The lowest BCUT2D eigenvalue weighted by molar-refractivity contribution is 0.0517. The lowest BCUT2D eigenvalue weighted by Gasteiger charge is -2.38. The van der Waals surface area contributed by atoms with E-state index < -0.39 is 0 Å². The zero-order chi connectivity index (χ0) is 22.5. The molecule has 1 aromatic carbocycles. The van der Waals surface area contributed by atoms with Gasteiger partial charge in [0.2, 0.25) is 0 Å². The monoisotopic (exact) mass is 456 g/mol. The molecule has 2 aliphatic heterocycles. The van der Waals surface area contributed by atoms with E-state index in [2.05, 4.69) is 19.8 Å². The fourth-order valence-corrected chi connectivity index (χ4v) is 5.02. The second-order valence-corrected chi connectivity index (χ2v) is 9.27. The average Bonchev–Trinajstić information content (AvgIpc) is 3.36. The van der Waals surface area contributed by atoms with Crippen molar-refractivity contribution >= 4 is 5.82 Å². The van der Waals surface area contributed by atoms with Crippen molar-refractivity contribution < 1.29 is 18.6 Å². The molecule has 5 rings (SSSR count). The molecule has 1 saturated carbocycles. The van der Waals surface area contributed by atoms with Crippen LogP contribution in [-0.2, 0) is 4.74 Å². The number of ether oxygens (including phenoxy) is 3. The van der Waals surface area contributed by atoms with Crippen LogP contribution in [0.15, 0.2) is 30.7 Å². The van der Waals surface area contributed by atoms with Crippen LogP contribution in [0.4, 0.5) is 10.2 Å². The van der Waals surface area contributed by atoms with Crippen molar-refractivity contribution in [2.45, 2.75) is 44.6 Å². The van der Waals surface area contributed by atoms with Crippen molar-refractivity contribution in [3.05, 3.63) is 36.5 Å². The minimum atomic E-state index is -0.333. The number of rotatable bonds is 7. The standard InChI is InChI=1S/C25H33FN4O3/c26-20-5-6-22(23(15-20)32-21-3-1-2-4-21)33-24-16-27-18-28-25(24)30-11-9-29(10-12-30)17-19-7-13-31-14-8-19/h5-6,15-16,18-19,21H,1-4,7-14,17H2. The van der Waals surface area contributed by atoms with Crippen LogP contribution in [0.1, 0.15) is 38.5 Å². The molecule has 7 nitrogen and oxygen atoms in total. The highest BCUT2D eigenvalue weighted by Crippen LogP contribution is 2.38. The van der Waals surface area contributed by atoms with Gasteiger partial charge in [-0.1, -0.05) is 0 Å². The Hall–Kier alpha value is -2.45. The first-order valence-corrected chi connectivity index (χ1v) is 12.2. The number of aromatic nitrogens is 2. The van der Waals surface area contributed by atoms with Crippen molar-refractivity contribution in [2.24, 2.45) is 5.92 Å². The van der Waals surface area contributed by atoms with Crippen LogP contribution in [0.25, 0.3) is 0 Å². The second-order valence-electron chi connectivity index (χ2n) is 9.27. The van der Waals surface area contributed by atoms with Crippen molar-refractivity contribution in [2.75, 3.05) is 50.8 Å². The van der Waals surface area contributed by atoms with Crippen LogP contribution >= 0.6 is 0 Å². The zero-order valence-corrected chi connectivity index (χ0v) is 19.1. The maximum absolute atomic E-state index is 14.0. The van der Waals surface area contributed by atoms with Crippen molar-refractivity contribution in [3.63, 3.8) is 0 Å². The van der Waals surface area contributed by atoms with Gasteiger partial charge in [-0.15, -0.1) is 0 Å². The van der Waals surface area contributed by atoms with E-state index in [0.29, 0.717) is 17.2 Å². The van der Waals surface area contributed by atoms with E-state index in [-0.39, 0.29) is 11.9 Å². The third kappa shape index (κ3) is 5.73. The average molecular weight is 457 g/mol. The first kappa shape index (κ1) is 22.3. The number of benzene rings is 1. The first-order valence-electron chi connectivity index (χ1n) is 12.2. The van der Waals surface area contributed by atoms with Crippen LogP contribution < -0.4 is 14.4 Å². The molecule has 2 saturated heterocycles. The van der Waals surface area contributed by atoms with E-state index in [0.717, 1.165) is 96.2 Å². The molecule has 2 aromatic rings. The fraction of sp³-hybridized carbons (Fsp3) is 0.600. The van der Waals surface area contributed by atoms with Gasteiger partial charge in [0.05, 0.1) is 12.3 Å². The van der Waals surface area contributed by atoms with Crippen molar-refractivity contribution in [1.82, 2.24) is 14.9 Å². The van der Waals surface area contributed by atoms with E-state index >= 15 is 0 Å². The van der Waals surface area contributed by atoms with Crippen LogP contribution in [0.5, 0.6) is 17.2 Å². The maximum Gasteiger partial charge on any atom is 0.188 e. The quantitative estimate of drug-likeness (QED) is 0.616. The van der Waals surface area contributed by atoms with Gasteiger partial charge in [-0.25, -0.2) is 14.4 Å². The van der Waals surface area contributed by atoms with Gasteiger partial charge in [-0.05, 0) is 56.6 Å². The van der Waals surface area contributed by atoms with Crippen molar-refractivity contribution in [3.8, 4) is 17.2 Å². The Balaban J connectivity index is 1.25. The molecule has 0 amide bonds. The molecule has 33 heavy (non-hydrogen) atoms. The highest BCUT2D eigenvalue weighted by Gasteiger charge is 2.25. The number of hydrogen-bond acceptors (Lipinski definition) is 7. The predicted molar refractivity (Wildman–Crippen MR) is 124 cm³/mol. The largest absolute Gasteiger partial charge is 0.486 e. The molecular weight excluding hydrogens is 423 g/mol. The smallest absolute Gasteiger partial charge is 0.188 e. The fourth-order valence-electron chi connectivity index (χ4n) is 5.02. The summed E-state index contributed by atoms with van der Waals surface area (Å²) in [5.41, 5.74) is 0. The van der Waals surface area contributed by atoms with Crippen LogP contribution in [0, 0.1) is 11.7 Å². The summed E-state index contributed by atoms with van der Waals surface area (Å²) in [6.07, 6.45) is 9.95. The number of hydrogen-bond donors (Lipinski definition) is 0. The summed E-state index contributed by atoms with van der Waals surface area (Å²) >= 11 is 0.